The van der Waals surface area contributed by atoms with Gasteiger partial charge in [-0.1, -0.05) is 20.8 Å². The molecule has 0 saturated heterocycles. The van der Waals surface area contributed by atoms with Gasteiger partial charge in [-0.25, -0.2) is 9.97 Å². The molecule has 1 aromatic rings. The molecular weight excluding hydrogens is 206 g/mol. The molecular formula is C11H17N3O2. The predicted octanol–water partition coefficient (Wildman–Crippen LogP) is 1.66. The Hall–Kier alpha value is -1.65. The van der Waals surface area contributed by atoms with E-state index in [9.17, 15) is 4.79 Å². The van der Waals surface area contributed by atoms with E-state index in [1.807, 2.05) is 0 Å². The van der Waals surface area contributed by atoms with Crippen molar-refractivity contribution >= 4 is 11.8 Å². The molecule has 0 fully saturated rings. The van der Waals surface area contributed by atoms with Crippen LogP contribution in [0.15, 0.2) is 12.4 Å². The van der Waals surface area contributed by atoms with Crippen molar-refractivity contribution in [2.24, 2.45) is 0 Å². The summed E-state index contributed by atoms with van der Waals surface area (Å²) in [5.74, 6) is -0.358. The first-order chi connectivity index (χ1) is 7.45. The zero-order chi connectivity index (χ0) is 12.2. The Bertz CT molecular complexity index is 377. The van der Waals surface area contributed by atoms with Gasteiger partial charge in [-0.2, -0.15) is 0 Å². The first-order valence-electron chi connectivity index (χ1n) is 5.24. The van der Waals surface area contributed by atoms with E-state index >= 15 is 0 Å². The second-order valence-electron chi connectivity index (χ2n) is 4.27. The van der Waals surface area contributed by atoms with Crippen LogP contribution in [-0.2, 0) is 10.2 Å². The second kappa shape index (κ2) is 4.92. The van der Waals surface area contributed by atoms with Crippen molar-refractivity contribution < 1.29 is 9.90 Å². The van der Waals surface area contributed by atoms with Crippen LogP contribution in [-0.4, -0.2) is 27.6 Å². The summed E-state index contributed by atoms with van der Waals surface area (Å²) in [5, 5.41) is 11.3. The van der Waals surface area contributed by atoms with Gasteiger partial charge in [-0.3, -0.25) is 4.79 Å². The normalized spacial score (nSPS) is 11.2. The molecule has 0 radical (unpaired) electrons. The minimum Gasteiger partial charge on any atom is -0.480 e. The van der Waals surface area contributed by atoms with Crippen LogP contribution in [0, 0.1) is 0 Å². The number of hydrogen-bond acceptors (Lipinski definition) is 4. The van der Waals surface area contributed by atoms with Gasteiger partial charge in [-0.05, 0) is 6.42 Å². The highest BCUT2D eigenvalue weighted by Gasteiger charge is 2.20. The van der Waals surface area contributed by atoms with E-state index < -0.39 is 5.97 Å². The average molecular weight is 223 g/mol. The molecule has 0 aromatic carbocycles. The van der Waals surface area contributed by atoms with Crippen LogP contribution in [0.1, 0.15) is 32.9 Å². The Morgan fingerprint density at radius 1 is 1.50 bits per heavy atom. The fraction of sp³-hybridized carbons (Fsp3) is 0.545. The van der Waals surface area contributed by atoms with Gasteiger partial charge in [0, 0.05) is 11.5 Å². The Labute approximate surface area is 94.9 Å². The zero-order valence-electron chi connectivity index (χ0n) is 9.82. The topological polar surface area (TPSA) is 75.1 Å². The largest absolute Gasteiger partial charge is 0.480 e. The number of carboxylic acid groups (broad SMARTS) is 1. The lowest BCUT2D eigenvalue weighted by Crippen LogP contribution is -2.19. The van der Waals surface area contributed by atoms with Crippen LogP contribution in [0.25, 0.3) is 0 Å². The van der Waals surface area contributed by atoms with E-state index in [0.29, 0.717) is 5.82 Å². The number of hydrogen-bond donors (Lipinski definition) is 2. The summed E-state index contributed by atoms with van der Waals surface area (Å²) in [6.07, 6.45) is 2.42. The minimum atomic E-state index is -0.907. The smallest absolute Gasteiger partial charge is 0.322 e. The molecule has 1 heterocycles. The number of nitrogens with one attached hydrogen (secondary N) is 1. The molecule has 2 N–H and O–H groups in total. The number of carboxylic acids is 1. The fourth-order valence-corrected chi connectivity index (χ4v) is 1.17. The van der Waals surface area contributed by atoms with Crippen LogP contribution >= 0.6 is 0 Å². The van der Waals surface area contributed by atoms with Gasteiger partial charge in [0.05, 0.1) is 5.69 Å². The summed E-state index contributed by atoms with van der Waals surface area (Å²) >= 11 is 0. The molecule has 5 heteroatoms. The van der Waals surface area contributed by atoms with Gasteiger partial charge >= 0.3 is 5.97 Å². The molecule has 0 aliphatic rings. The molecule has 0 spiro atoms. The van der Waals surface area contributed by atoms with Gasteiger partial charge in [0.25, 0.3) is 0 Å². The highest BCUT2D eigenvalue weighted by Crippen LogP contribution is 2.25. The molecule has 1 rings (SSSR count). The third kappa shape index (κ3) is 3.18. The van der Waals surface area contributed by atoms with Gasteiger partial charge < -0.3 is 10.4 Å². The lowest BCUT2D eigenvalue weighted by Gasteiger charge is -2.21. The van der Waals surface area contributed by atoms with Gasteiger partial charge in [0.15, 0.2) is 0 Å². The van der Waals surface area contributed by atoms with E-state index in [2.05, 4.69) is 36.1 Å². The van der Waals surface area contributed by atoms with E-state index in [-0.39, 0.29) is 12.0 Å². The van der Waals surface area contributed by atoms with Crippen molar-refractivity contribution in [2.45, 2.75) is 32.6 Å². The van der Waals surface area contributed by atoms with Crippen LogP contribution in [0.5, 0.6) is 0 Å². The molecule has 0 amide bonds. The third-order valence-corrected chi connectivity index (χ3v) is 2.67. The molecule has 88 valence electrons. The van der Waals surface area contributed by atoms with Crippen molar-refractivity contribution in [3.63, 3.8) is 0 Å². The lowest BCUT2D eigenvalue weighted by molar-refractivity contribution is -0.134. The number of aromatic nitrogens is 2. The molecule has 0 aliphatic heterocycles. The molecule has 16 heavy (non-hydrogen) atoms. The first-order valence-corrected chi connectivity index (χ1v) is 5.24. The second-order valence-corrected chi connectivity index (χ2v) is 4.27. The molecule has 5 nitrogen and oxygen atoms in total. The SMILES string of the molecule is CCC(C)(C)c1cc(NCC(=O)O)ncn1. The summed E-state index contributed by atoms with van der Waals surface area (Å²) in [5.41, 5.74) is 0.890. The zero-order valence-corrected chi connectivity index (χ0v) is 9.82. The highest BCUT2D eigenvalue weighted by molar-refractivity contribution is 5.72. The van der Waals surface area contributed by atoms with Crippen LogP contribution in [0.2, 0.25) is 0 Å². The maximum atomic E-state index is 10.4. The summed E-state index contributed by atoms with van der Waals surface area (Å²) in [6.45, 7) is 6.14. The molecule has 0 unspecified atom stereocenters. The average Bonchev–Trinajstić information content (AvgIpc) is 2.27. The maximum Gasteiger partial charge on any atom is 0.322 e. The molecule has 0 saturated carbocycles. The quantitative estimate of drug-likeness (QED) is 0.794. The number of carbonyl (C=O) groups is 1. The predicted molar refractivity (Wildman–Crippen MR) is 61.5 cm³/mol. The molecule has 0 bridgehead atoms. The minimum absolute atomic E-state index is 0.0252. The lowest BCUT2D eigenvalue weighted by atomic mass is 9.86. The number of rotatable bonds is 5. The molecule has 0 atom stereocenters. The van der Waals surface area contributed by atoms with Gasteiger partial charge in [0.2, 0.25) is 0 Å². The number of nitrogens with zero attached hydrogens (tertiary/aromatic N) is 2. The molecule has 0 aliphatic carbocycles. The Balaban J connectivity index is 2.83. The van der Waals surface area contributed by atoms with Crippen LogP contribution in [0.4, 0.5) is 5.82 Å². The Morgan fingerprint density at radius 3 is 2.75 bits per heavy atom. The van der Waals surface area contributed by atoms with E-state index in [4.69, 9.17) is 5.11 Å². The third-order valence-electron chi connectivity index (χ3n) is 2.67. The van der Waals surface area contributed by atoms with E-state index in [0.717, 1.165) is 12.1 Å². The maximum absolute atomic E-state index is 10.4. The van der Waals surface area contributed by atoms with Crippen molar-refractivity contribution in [1.29, 1.82) is 0 Å². The summed E-state index contributed by atoms with van der Waals surface area (Å²) < 4.78 is 0. The van der Waals surface area contributed by atoms with E-state index in [1.165, 1.54) is 6.33 Å². The summed E-state index contributed by atoms with van der Waals surface area (Å²) in [6, 6.07) is 1.80. The Kier molecular flexibility index (Phi) is 3.82. The number of anilines is 1. The van der Waals surface area contributed by atoms with Crippen molar-refractivity contribution in [3.8, 4) is 0 Å². The number of aliphatic carboxylic acids is 1. The first kappa shape index (κ1) is 12.4. The standard InChI is InChI=1S/C11H17N3O2/c1-4-11(2,3)8-5-9(14-7-13-8)12-6-10(15)16/h5,7H,4,6H2,1-3H3,(H,15,16)(H,12,13,14). The van der Waals surface area contributed by atoms with Crippen LogP contribution < -0.4 is 5.32 Å². The van der Waals surface area contributed by atoms with Crippen molar-refractivity contribution in [1.82, 2.24) is 9.97 Å². The molecule has 1 aromatic heterocycles. The van der Waals surface area contributed by atoms with Gasteiger partial charge in [-0.15, -0.1) is 0 Å². The summed E-state index contributed by atoms with van der Waals surface area (Å²) in [4.78, 5) is 18.6. The van der Waals surface area contributed by atoms with Gasteiger partial charge in [0.1, 0.15) is 18.7 Å². The van der Waals surface area contributed by atoms with Crippen molar-refractivity contribution in [2.75, 3.05) is 11.9 Å². The van der Waals surface area contributed by atoms with Crippen LogP contribution in [0.3, 0.4) is 0 Å². The highest BCUT2D eigenvalue weighted by atomic mass is 16.4. The van der Waals surface area contributed by atoms with E-state index in [1.54, 1.807) is 6.07 Å². The monoisotopic (exact) mass is 223 g/mol. The fourth-order valence-electron chi connectivity index (χ4n) is 1.17. The summed E-state index contributed by atoms with van der Waals surface area (Å²) in [7, 11) is 0. The Morgan fingerprint density at radius 2 is 2.19 bits per heavy atom. The van der Waals surface area contributed by atoms with Crippen molar-refractivity contribution in [3.05, 3.63) is 18.1 Å².